The van der Waals surface area contributed by atoms with Gasteiger partial charge < -0.3 is 15.4 Å². The van der Waals surface area contributed by atoms with Crippen molar-refractivity contribution in [2.45, 2.75) is 26.9 Å². The molecule has 1 aromatic heterocycles. The summed E-state index contributed by atoms with van der Waals surface area (Å²) >= 11 is 0. The van der Waals surface area contributed by atoms with Gasteiger partial charge >= 0.3 is 6.03 Å². The number of hydrogen-bond acceptors (Lipinski definition) is 5. The summed E-state index contributed by atoms with van der Waals surface area (Å²) in [7, 11) is 0. The number of rotatable bonds is 5. The lowest BCUT2D eigenvalue weighted by Crippen LogP contribution is -2.35. The largest absolute Gasteiger partial charge is 0.379 e. The predicted octanol–water partition coefficient (Wildman–Crippen LogP) is 2.25. The van der Waals surface area contributed by atoms with Crippen molar-refractivity contribution in [3.63, 3.8) is 0 Å². The van der Waals surface area contributed by atoms with E-state index in [1.807, 2.05) is 44.2 Å². The van der Waals surface area contributed by atoms with E-state index in [1.165, 1.54) is 5.56 Å². The minimum atomic E-state index is -0.270. The minimum Gasteiger partial charge on any atom is -0.379 e. The third-order valence-electron chi connectivity index (χ3n) is 4.16. The summed E-state index contributed by atoms with van der Waals surface area (Å²) in [5.74, 6) is 0.610. The number of hydrogen-bond donors (Lipinski definition) is 2. The van der Waals surface area contributed by atoms with Crippen molar-refractivity contribution in [3.8, 4) is 0 Å². The number of aryl methyl sites for hydroxylation is 2. The molecule has 1 aliphatic rings. The Morgan fingerprint density at radius 1 is 1.12 bits per heavy atom. The maximum Gasteiger partial charge on any atom is 0.319 e. The molecule has 2 heterocycles. The monoisotopic (exact) mass is 355 g/mol. The number of nitrogens with one attached hydrogen (secondary N) is 2. The maximum atomic E-state index is 12.1. The van der Waals surface area contributed by atoms with E-state index in [9.17, 15) is 4.79 Å². The van der Waals surface area contributed by atoms with Crippen LogP contribution >= 0.6 is 0 Å². The van der Waals surface area contributed by atoms with Crippen molar-refractivity contribution in [2.75, 3.05) is 31.6 Å². The van der Waals surface area contributed by atoms with Crippen LogP contribution in [0.2, 0.25) is 0 Å². The van der Waals surface area contributed by atoms with E-state index in [2.05, 4.69) is 25.5 Å². The molecule has 0 spiro atoms. The van der Waals surface area contributed by atoms with Crippen LogP contribution in [0, 0.1) is 13.8 Å². The zero-order chi connectivity index (χ0) is 18.4. The highest BCUT2D eigenvalue weighted by atomic mass is 16.5. The van der Waals surface area contributed by atoms with E-state index in [0.29, 0.717) is 12.4 Å². The van der Waals surface area contributed by atoms with Crippen molar-refractivity contribution < 1.29 is 9.53 Å². The van der Waals surface area contributed by atoms with E-state index in [4.69, 9.17) is 4.74 Å². The number of nitrogens with zero attached hydrogens (tertiary/aromatic N) is 3. The summed E-state index contributed by atoms with van der Waals surface area (Å²) in [6.45, 7) is 8.54. The molecule has 7 nitrogen and oxygen atoms in total. The summed E-state index contributed by atoms with van der Waals surface area (Å²) in [6, 6.07) is 9.55. The number of urea groups is 1. The first-order valence-electron chi connectivity index (χ1n) is 8.83. The van der Waals surface area contributed by atoms with E-state index >= 15 is 0 Å². The molecule has 0 saturated carbocycles. The molecule has 1 fully saturated rings. The number of morpholine rings is 1. The standard InChI is InChI=1S/C19H25N5O2/c1-14-11-15(2)22-18(21-14)12-20-19(25)23-17-5-3-16(4-6-17)13-24-7-9-26-10-8-24/h3-6,11H,7-10,12-13H2,1-2H3,(H2,20,23,25). The fourth-order valence-electron chi connectivity index (χ4n) is 2.92. The molecule has 138 valence electrons. The molecule has 0 unspecified atom stereocenters. The molecule has 2 aromatic rings. The topological polar surface area (TPSA) is 79.4 Å². The number of anilines is 1. The Morgan fingerprint density at radius 2 is 1.77 bits per heavy atom. The molecule has 7 heteroatoms. The van der Waals surface area contributed by atoms with Gasteiger partial charge in [0.25, 0.3) is 0 Å². The normalized spacial score (nSPS) is 14.8. The van der Waals surface area contributed by atoms with Crippen molar-refractivity contribution in [2.24, 2.45) is 0 Å². The van der Waals surface area contributed by atoms with Crippen molar-refractivity contribution in [1.82, 2.24) is 20.2 Å². The molecule has 1 aliphatic heterocycles. The van der Waals surface area contributed by atoms with Crippen LogP contribution in [0.3, 0.4) is 0 Å². The molecule has 0 radical (unpaired) electrons. The zero-order valence-electron chi connectivity index (χ0n) is 15.3. The van der Waals surface area contributed by atoms with Gasteiger partial charge in [0.2, 0.25) is 0 Å². The second-order valence-corrected chi connectivity index (χ2v) is 6.46. The molecule has 2 N–H and O–H groups in total. The molecule has 26 heavy (non-hydrogen) atoms. The molecule has 1 saturated heterocycles. The first-order chi connectivity index (χ1) is 12.6. The molecular weight excluding hydrogens is 330 g/mol. The molecule has 0 atom stereocenters. The van der Waals surface area contributed by atoms with Crippen LogP contribution in [-0.2, 0) is 17.8 Å². The Labute approximate surface area is 153 Å². The van der Waals surface area contributed by atoms with Gasteiger partial charge in [-0.1, -0.05) is 12.1 Å². The molecule has 3 rings (SSSR count). The van der Waals surface area contributed by atoms with Gasteiger partial charge in [-0.25, -0.2) is 14.8 Å². The second-order valence-electron chi connectivity index (χ2n) is 6.46. The summed E-state index contributed by atoms with van der Waals surface area (Å²) in [4.78, 5) is 23.0. The quantitative estimate of drug-likeness (QED) is 0.860. The Bertz CT molecular complexity index is 722. The van der Waals surface area contributed by atoms with Gasteiger partial charge in [-0.2, -0.15) is 0 Å². The van der Waals surface area contributed by atoms with Crippen molar-refractivity contribution in [3.05, 3.63) is 53.1 Å². The molecular formula is C19H25N5O2. The maximum absolute atomic E-state index is 12.1. The van der Waals surface area contributed by atoms with Crippen LogP contribution in [0.5, 0.6) is 0 Å². The van der Waals surface area contributed by atoms with Crippen LogP contribution < -0.4 is 10.6 Å². The van der Waals surface area contributed by atoms with Gasteiger partial charge in [0.1, 0.15) is 5.82 Å². The van der Waals surface area contributed by atoms with Crippen LogP contribution in [0.1, 0.15) is 22.8 Å². The number of aromatic nitrogens is 2. The Hall–Kier alpha value is -2.51. The average molecular weight is 355 g/mol. The Kier molecular flexibility index (Phi) is 6.14. The van der Waals surface area contributed by atoms with E-state index in [0.717, 1.165) is 49.9 Å². The van der Waals surface area contributed by atoms with E-state index in [1.54, 1.807) is 0 Å². The lowest BCUT2D eigenvalue weighted by molar-refractivity contribution is 0.0342. The number of amides is 2. The average Bonchev–Trinajstić information content (AvgIpc) is 2.62. The SMILES string of the molecule is Cc1cc(C)nc(CNC(=O)Nc2ccc(CN3CCOCC3)cc2)n1. The first kappa shape index (κ1) is 18.3. The number of ether oxygens (including phenoxy) is 1. The van der Waals surface area contributed by atoms with Gasteiger partial charge in [-0.3, -0.25) is 4.90 Å². The van der Waals surface area contributed by atoms with Gasteiger partial charge in [0.15, 0.2) is 0 Å². The zero-order valence-corrected chi connectivity index (χ0v) is 15.3. The first-order valence-corrected chi connectivity index (χ1v) is 8.83. The fourth-order valence-corrected chi connectivity index (χ4v) is 2.92. The molecule has 0 bridgehead atoms. The lowest BCUT2D eigenvalue weighted by atomic mass is 10.2. The highest BCUT2D eigenvalue weighted by Gasteiger charge is 2.10. The lowest BCUT2D eigenvalue weighted by Gasteiger charge is -2.26. The number of carbonyl (C=O) groups is 1. The predicted molar refractivity (Wildman–Crippen MR) is 99.9 cm³/mol. The van der Waals surface area contributed by atoms with Crippen molar-refractivity contribution in [1.29, 1.82) is 0 Å². The Balaban J connectivity index is 1.47. The third kappa shape index (κ3) is 5.50. The van der Waals surface area contributed by atoms with E-state index in [-0.39, 0.29) is 6.03 Å². The number of carbonyl (C=O) groups excluding carboxylic acids is 1. The fraction of sp³-hybridized carbons (Fsp3) is 0.421. The summed E-state index contributed by atoms with van der Waals surface area (Å²) < 4.78 is 5.36. The molecule has 2 amide bonds. The molecule has 0 aliphatic carbocycles. The van der Waals surface area contributed by atoms with E-state index < -0.39 is 0 Å². The summed E-state index contributed by atoms with van der Waals surface area (Å²) in [5.41, 5.74) is 3.77. The minimum absolute atomic E-state index is 0.270. The van der Waals surface area contributed by atoms with Crippen LogP contribution in [-0.4, -0.2) is 47.2 Å². The van der Waals surface area contributed by atoms with Crippen molar-refractivity contribution >= 4 is 11.7 Å². The van der Waals surface area contributed by atoms with Crippen LogP contribution in [0.25, 0.3) is 0 Å². The number of benzene rings is 1. The van der Waals surface area contributed by atoms with Gasteiger partial charge in [0.05, 0.1) is 19.8 Å². The Morgan fingerprint density at radius 3 is 2.42 bits per heavy atom. The third-order valence-corrected chi connectivity index (χ3v) is 4.16. The second kappa shape index (κ2) is 8.73. The van der Waals surface area contributed by atoms with Crippen LogP contribution in [0.4, 0.5) is 10.5 Å². The summed E-state index contributed by atoms with van der Waals surface area (Å²) in [6.07, 6.45) is 0. The van der Waals surface area contributed by atoms with Gasteiger partial charge in [-0.15, -0.1) is 0 Å². The van der Waals surface area contributed by atoms with Gasteiger partial charge in [-0.05, 0) is 37.6 Å². The van der Waals surface area contributed by atoms with Crippen LogP contribution in [0.15, 0.2) is 30.3 Å². The molecule has 1 aromatic carbocycles. The highest BCUT2D eigenvalue weighted by molar-refractivity contribution is 5.89. The highest BCUT2D eigenvalue weighted by Crippen LogP contribution is 2.12. The van der Waals surface area contributed by atoms with Gasteiger partial charge in [0, 0.05) is 36.7 Å². The smallest absolute Gasteiger partial charge is 0.319 e. The summed E-state index contributed by atoms with van der Waals surface area (Å²) in [5, 5.41) is 5.62.